The molecule has 2 aromatic carbocycles. The van der Waals surface area contributed by atoms with Crippen molar-refractivity contribution in [2.75, 3.05) is 18.0 Å². The third kappa shape index (κ3) is 3.76. The van der Waals surface area contributed by atoms with Crippen LogP contribution in [-0.2, 0) is 16.0 Å². The number of aromatic amines is 1. The van der Waals surface area contributed by atoms with Gasteiger partial charge in [-0.1, -0.05) is 23.2 Å². The highest BCUT2D eigenvalue weighted by molar-refractivity contribution is 6.30. The molecule has 3 aromatic rings. The van der Waals surface area contributed by atoms with Crippen molar-refractivity contribution >= 4 is 40.0 Å². The van der Waals surface area contributed by atoms with Crippen molar-refractivity contribution in [2.24, 2.45) is 5.92 Å². The van der Waals surface area contributed by atoms with Crippen molar-refractivity contribution in [2.45, 2.75) is 19.8 Å². The lowest BCUT2D eigenvalue weighted by Crippen LogP contribution is -2.34. The number of benzene rings is 2. The Morgan fingerprint density at radius 1 is 1.25 bits per heavy atom. The van der Waals surface area contributed by atoms with Crippen molar-refractivity contribution in [1.29, 1.82) is 0 Å². The van der Waals surface area contributed by atoms with E-state index in [4.69, 9.17) is 11.6 Å². The van der Waals surface area contributed by atoms with Crippen LogP contribution in [-0.4, -0.2) is 29.9 Å². The minimum atomic E-state index is -0.326. The van der Waals surface area contributed by atoms with Crippen molar-refractivity contribution in [1.82, 2.24) is 10.3 Å². The molecule has 1 aliphatic rings. The van der Waals surface area contributed by atoms with Gasteiger partial charge >= 0.3 is 0 Å². The lowest BCUT2D eigenvalue weighted by molar-refractivity contribution is -0.126. The molecule has 0 radical (unpaired) electrons. The number of carbonyl (C=O) groups excluding carboxylic acids is 2. The number of aromatic nitrogens is 1. The van der Waals surface area contributed by atoms with Crippen LogP contribution < -0.4 is 10.2 Å². The zero-order valence-electron chi connectivity index (χ0n) is 15.7. The molecule has 28 heavy (non-hydrogen) atoms. The first-order valence-corrected chi connectivity index (χ1v) is 9.79. The van der Waals surface area contributed by atoms with Gasteiger partial charge in [0.15, 0.2) is 0 Å². The number of carbonyl (C=O) groups is 2. The fourth-order valence-electron chi connectivity index (χ4n) is 3.72. The van der Waals surface area contributed by atoms with E-state index in [0.717, 1.165) is 17.6 Å². The average Bonchev–Trinajstić information content (AvgIpc) is 3.26. The second-order valence-electron chi connectivity index (χ2n) is 7.29. The molecule has 0 bridgehead atoms. The summed E-state index contributed by atoms with van der Waals surface area (Å²) in [5, 5.41) is 4.81. The number of nitrogens with one attached hydrogen (secondary N) is 2. The smallest absolute Gasteiger partial charge is 0.227 e. The van der Waals surface area contributed by atoms with Crippen LogP contribution >= 0.6 is 11.6 Å². The lowest BCUT2D eigenvalue weighted by atomic mass is 10.1. The third-order valence-corrected chi connectivity index (χ3v) is 5.50. The summed E-state index contributed by atoms with van der Waals surface area (Å²) in [4.78, 5) is 29.8. The van der Waals surface area contributed by atoms with E-state index >= 15 is 0 Å². The number of hydrogen-bond acceptors (Lipinski definition) is 2. The van der Waals surface area contributed by atoms with Gasteiger partial charge in [0.25, 0.3) is 0 Å². The van der Waals surface area contributed by atoms with E-state index in [2.05, 4.69) is 35.4 Å². The summed E-state index contributed by atoms with van der Waals surface area (Å²) in [5.74, 6) is -0.427. The van der Waals surface area contributed by atoms with Crippen molar-refractivity contribution in [3.8, 4) is 0 Å². The Kier molecular flexibility index (Phi) is 5.09. The zero-order valence-corrected chi connectivity index (χ0v) is 16.4. The maximum absolute atomic E-state index is 12.5. The van der Waals surface area contributed by atoms with Crippen molar-refractivity contribution in [3.63, 3.8) is 0 Å². The topological polar surface area (TPSA) is 65.2 Å². The van der Waals surface area contributed by atoms with E-state index in [0.29, 0.717) is 18.1 Å². The number of fused-ring (bicyclic) bond motifs is 1. The summed E-state index contributed by atoms with van der Waals surface area (Å²) in [6.45, 7) is 3.02. The van der Waals surface area contributed by atoms with E-state index in [-0.39, 0.29) is 24.2 Å². The number of nitrogens with zero attached hydrogens (tertiary/aromatic N) is 1. The molecule has 2 amide bonds. The monoisotopic (exact) mass is 395 g/mol. The van der Waals surface area contributed by atoms with Crippen molar-refractivity contribution < 1.29 is 9.59 Å². The summed E-state index contributed by atoms with van der Waals surface area (Å²) < 4.78 is 0. The van der Waals surface area contributed by atoms with Gasteiger partial charge in [-0.15, -0.1) is 0 Å². The Morgan fingerprint density at radius 2 is 2.04 bits per heavy atom. The van der Waals surface area contributed by atoms with Gasteiger partial charge in [-0.05, 0) is 55.3 Å². The van der Waals surface area contributed by atoms with Crippen LogP contribution in [0.5, 0.6) is 0 Å². The molecule has 1 fully saturated rings. The predicted molar refractivity (Wildman–Crippen MR) is 112 cm³/mol. The van der Waals surface area contributed by atoms with Crippen LogP contribution in [0.2, 0.25) is 5.02 Å². The Morgan fingerprint density at radius 3 is 2.82 bits per heavy atom. The number of H-pyrrole nitrogens is 1. The van der Waals surface area contributed by atoms with Gasteiger partial charge in [-0.3, -0.25) is 9.59 Å². The fraction of sp³-hybridized carbons (Fsp3) is 0.273. The molecular formula is C22H22ClN3O2. The first-order valence-electron chi connectivity index (χ1n) is 9.41. The zero-order chi connectivity index (χ0) is 19.7. The van der Waals surface area contributed by atoms with E-state index in [1.54, 1.807) is 29.2 Å². The first kappa shape index (κ1) is 18.6. The summed E-state index contributed by atoms with van der Waals surface area (Å²) in [6.07, 6.45) is 2.98. The first-order chi connectivity index (χ1) is 13.5. The molecule has 6 heteroatoms. The molecule has 1 aliphatic heterocycles. The van der Waals surface area contributed by atoms with Gasteiger partial charge < -0.3 is 15.2 Å². The van der Waals surface area contributed by atoms with Gasteiger partial charge in [0.2, 0.25) is 11.8 Å². The maximum atomic E-state index is 12.5. The van der Waals surface area contributed by atoms with Gasteiger partial charge in [-0.25, -0.2) is 0 Å². The number of anilines is 1. The van der Waals surface area contributed by atoms with Gasteiger partial charge in [0, 0.05) is 47.3 Å². The SMILES string of the molecule is Cc1ccc2[nH]cc(CCNC(=O)C3CC(=O)N(c4ccc(Cl)cc4)C3)c2c1. The standard InChI is InChI=1S/C22H22ClN3O2/c1-14-2-7-20-19(10-14)15(12-25-20)8-9-24-22(28)16-11-21(27)26(13-16)18-5-3-17(23)4-6-18/h2-7,10,12,16,25H,8-9,11,13H2,1H3,(H,24,28). The van der Waals surface area contributed by atoms with Crippen LogP contribution in [0.1, 0.15) is 17.5 Å². The molecule has 1 aromatic heterocycles. The van der Waals surface area contributed by atoms with E-state index in [9.17, 15) is 9.59 Å². The Balaban J connectivity index is 1.34. The molecular weight excluding hydrogens is 374 g/mol. The lowest BCUT2D eigenvalue weighted by Gasteiger charge is -2.16. The van der Waals surface area contributed by atoms with Gasteiger partial charge in [0.05, 0.1) is 5.92 Å². The number of halogens is 1. The molecule has 1 atom stereocenters. The normalized spacial score (nSPS) is 16.7. The summed E-state index contributed by atoms with van der Waals surface area (Å²) >= 11 is 5.91. The molecule has 144 valence electrons. The Bertz CT molecular complexity index is 1030. The van der Waals surface area contributed by atoms with Crippen LogP contribution in [0.3, 0.4) is 0 Å². The van der Waals surface area contributed by atoms with Gasteiger partial charge in [-0.2, -0.15) is 0 Å². The second-order valence-corrected chi connectivity index (χ2v) is 7.72. The summed E-state index contributed by atoms with van der Waals surface area (Å²) in [6, 6.07) is 13.4. The quantitative estimate of drug-likeness (QED) is 0.689. The summed E-state index contributed by atoms with van der Waals surface area (Å²) in [5.41, 5.74) is 4.28. The Hall–Kier alpha value is -2.79. The molecule has 1 unspecified atom stereocenters. The Labute approximate surface area is 168 Å². The van der Waals surface area contributed by atoms with Crippen LogP contribution in [0, 0.1) is 12.8 Å². The largest absolute Gasteiger partial charge is 0.361 e. The molecule has 4 rings (SSSR count). The van der Waals surface area contributed by atoms with Crippen LogP contribution in [0.25, 0.3) is 10.9 Å². The molecule has 1 saturated heterocycles. The minimum Gasteiger partial charge on any atom is -0.361 e. The molecule has 0 aliphatic carbocycles. The second kappa shape index (κ2) is 7.68. The van der Waals surface area contributed by atoms with Crippen LogP contribution in [0.15, 0.2) is 48.7 Å². The molecule has 0 spiro atoms. The maximum Gasteiger partial charge on any atom is 0.227 e. The predicted octanol–water partition coefficient (Wildman–Crippen LogP) is 3.84. The number of aryl methyl sites for hydroxylation is 1. The number of rotatable bonds is 5. The van der Waals surface area contributed by atoms with Gasteiger partial charge in [0.1, 0.15) is 0 Å². The third-order valence-electron chi connectivity index (χ3n) is 5.25. The van der Waals surface area contributed by atoms with E-state index < -0.39 is 0 Å². The molecule has 5 nitrogen and oxygen atoms in total. The number of hydrogen-bond donors (Lipinski definition) is 2. The summed E-state index contributed by atoms with van der Waals surface area (Å²) in [7, 11) is 0. The minimum absolute atomic E-state index is 0.0328. The highest BCUT2D eigenvalue weighted by Gasteiger charge is 2.34. The highest BCUT2D eigenvalue weighted by Crippen LogP contribution is 2.26. The number of amides is 2. The van der Waals surface area contributed by atoms with Crippen molar-refractivity contribution in [3.05, 3.63) is 64.8 Å². The van der Waals surface area contributed by atoms with Crippen LogP contribution in [0.4, 0.5) is 5.69 Å². The fourth-order valence-corrected chi connectivity index (χ4v) is 3.84. The average molecular weight is 396 g/mol. The molecule has 0 saturated carbocycles. The molecule has 2 heterocycles. The van der Waals surface area contributed by atoms with E-state index in [1.807, 2.05) is 6.20 Å². The molecule has 2 N–H and O–H groups in total. The van der Waals surface area contributed by atoms with E-state index in [1.165, 1.54) is 16.5 Å². The highest BCUT2D eigenvalue weighted by atomic mass is 35.5.